The molecule has 1 aliphatic heterocycles. The Balaban J connectivity index is 1.64. The molecule has 4 rings (SSSR count). The molecule has 43 heavy (non-hydrogen) atoms. The van der Waals surface area contributed by atoms with Crippen molar-refractivity contribution in [2.24, 2.45) is 5.11 Å². The van der Waals surface area contributed by atoms with Crippen LogP contribution in [0.25, 0.3) is 10.4 Å². The molecule has 0 radical (unpaired) electrons. The Morgan fingerprint density at radius 2 is 1.86 bits per heavy atom. The second-order valence-electron chi connectivity index (χ2n) is 9.24. The Morgan fingerprint density at radius 3 is 2.49 bits per heavy atom. The van der Waals surface area contributed by atoms with E-state index in [9.17, 15) is 34.7 Å². The number of azide groups is 1. The Labute approximate surface area is 244 Å². The minimum Gasteiger partial charge on any atom is -0.465 e. The molecule has 3 N–H and O–H groups in total. The molecule has 6 atom stereocenters. The predicted molar refractivity (Wildman–Crippen MR) is 150 cm³/mol. The number of carbonyl (C=O) groups is 1. The lowest BCUT2D eigenvalue weighted by Crippen LogP contribution is -2.46. The smallest absolute Gasteiger partial charge is 0.330 e. The molecular formula is C26H29N6O10P. The van der Waals surface area contributed by atoms with Crippen molar-refractivity contribution in [2.75, 3.05) is 13.2 Å². The Hall–Kier alpha value is -4.27. The lowest BCUT2D eigenvalue weighted by Gasteiger charge is -2.31. The maximum absolute atomic E-state index is 13.7. The van der Waals surface area contributed by atoms with Crippen molar-refractivity contribution >= 4 is 14.1 Å². The summed E-state index contributed by atoms with van der Waals surface area (Å²) in [5.41, 5.74) is 5.86. The largest absolute Gasteiger partial charge is 0.465 e. The molecule has 16 nitrogen and oxygen atoms in total. The van der Waals surface area contributed by atoms with Crippen molar-refractivity contribution in [1.29, 1.82) is 0 Å². The molecule has 0 aliphatic carbocycles. The van der Waals surface area contributed by atoms with Gasteiger partial charge in [0.2, 0.25) is 5.72 Å². The average Bonchev–Trinajstić information content (AvgIpc) is 3.24. The normalized spacial score (nSPS) is 22.8. The minimum absolute atomic E-state index is 0.00278. The van der Waals surface area contributed by atoms with Crippen molar-refractivity contribution in [1.82, 2.24) is 14.4 Å². The SMILES string of the molecule is CCOC(=O)C(Cc1ccccc1)N(Oc1ccccc1)[PH](=O)OC[C@@]1(N=[N+]=[N-])O[C@@H](n2ccc(=O)[nH]c2=O)[C@H](O)[C@@H]1O. The van der Waals surface area contributed by atoms with Gasteiger partial charge in [0.05, 0.1) is 13.2 Å². The number of hydrogen-bond donors (Lipinski definition) is 3. The van der Waals surface area contributed by atoms with Gasteiger partial charge in [-0.05, 0) is 30.2 Å². The van der Waals surface area contributed by atoms with Gasteiger partial charge in [-0.3, -0.25) is 23.7 Å². The van der Waals surface area contributed by atoms with Crippen LogP contribution in [-0.4, -0.2) is 67.8 Å². The summed E-state index contributed by atoms with van der Waals surface area (Å²) in [7, 11) is -3.60. The van der Waals surface area contributed by atoms with E-state index in [0.29, 0.717) is 5.56 Å². The van der Waals surface area contributed by atoms with Crippen LogP contribution in [-0.2, 0) is 29.8 Å². The number of aliphatic hydroxyl groups is 2. The van der Waals surface area contributed by atoms with Crippen LogP contribution < -0.4 is 16.1 Å². The monoisotopic (exact) mass is 616 g/mol. The van der Waals surface area contributed by atoms with Crippen molar-refractivity contribution in [3.8, 4) is 5.75 Å². The van der Waals surface area contributed by atoms with Crippen molar-refractivity contribution in [2.45, 2.75) is 43.5 Å². The molecule has 1 aromatic heterocycles. The number of ether oxygens (including phenoxy) is 2. The predicted octanol–water partition coefficient (Wildman–Crippen LogP) is 1.67. The van der Waals surface area contributed by atoms with Gasteiger partial charge in [-0.2, -0.15) is 0 Å². The molecule has 0 bridgehead atoms. The van der Waals surface area contributed by atoms with Gasteiger partial charge in [0.15, 0.2) is 12.3 Å². The molecule has 3 aromatic rings. The van der Waals surface area contributed by atoms with Crippen LogP contribution in [0.15, 0.2) is 87.6 Å². The number of aromatic nitrogens is 2. The summed E-state index contributed by atoms with van der Waals surface area (Å²) in [6.07, 6.45) is -4.43. The topological polar surface area (TPSA) is 218 Å². The average molecular weight is 617 g/mol. The Morgan fingerprint density at radius 1 is 1.19 bits per heavy atom. The molecule has 0 amide bonds. The minimum atomic E-state index is -3.60. The van der Waals surface area contributed by atoms with Crippen LogP contribution in [0.1, 0.15) is 18.7 Å². The second kappa shape index (κ2) is 14.3. The number of hydroxylamine groups is 1. The van der Waals surface area contributed by atoms with Gasteiger partial charge in [0.1, 0.15) is 18.0 Å². The fourth-order valence-corrected chi connectivity index (χ4v) is 5.41. The molecule has 1 fully saturated rings. The van der Waals surface area contributed by atoms with Gasteiger partial charge in [0.25, 0.3) is 13.7 Å². The van der Waals surface area contributed by atoms with Gasteiger partial charge in [0, 0.05) is 23.6 Å². The molecular weight excluding hydrogens is 587 g/mol. The van der Waals surface area contributed by atoms with E-state index < -0.39 is 62.2 Å². The highest BCUT2D eigenvalue weighted by Gasteiger charge is 2.56. The van der Waals surface area contributed by atoms with E-state index in [1.807, 2.05) is 4.98 Å². The first-order valence-corrected chi connectivity index (χ1v) is 14.3. The quantitative estimate of drug-likeness (QED) is 0.0626. The number of benzene rings is 2. The third-order valence-corrected chi connectivity index (χ3v) is 7.54. The van der Waals surface area contributed by atoms with Crippen LogP contribution in [0.4, 0.5) is 0 Å². The van der Waals surface area contributed by atoms with E-state index in [4.69, 9.17) is 18.8 Å². The number of rotatable bonds is 13. The molecule has 2 aromatic carbocycles. The highest BCUT2D eigenvalue weighted by molar-refractivity contribution is 7.36. The Kier molecular flexibility index (Phi) is 10.5. The van der Waals surface area contributed by atoms with Crippen LogP contribution in [0.5, 0.6) is 5.75 Å². The summed E-state index contributed by atoms with van der Waals surface area (Å²) in [6.45, 7) is 0.725. The van der Waals surface area contributed by atoms with Gasteiger partial charge in [-0.15, -0.1) is 0 Å². The van der Waals surface area contributed by atoms with Gasteiger partial charge < -0.3 is 29.0 Å². The first-order valence-electron chi connectivity index (χ1n) is 13.0. The van der Waals surface area contributed by atoms with Crippen LogP contribution in [0.3, 0.4) is 0 Å². The molecule has 2 unspecified atom stereocenters. The second-order valence-corrected chi connectivity index (χ2v) is 10.5. The lowest BCUT2D eigenvalue weighted by atomic mass is 10.1. The maximum atomic E-state index is 13.7. The highest BCUT2D eigenvalue weighted by Crippen LogP contribution is 2.42. The molecule has 2 heterocycles. The van der Waals surface area contributed by atoms with Gasteiger partial charge in [-0.25, -0.2) is 4.79 Å². The number of carbonyl (C=O) groups excluding carboxylic acids is 1. The van der Waals surface area contributed by atoms with Crippen molar-refractivity contribution in [3.63, 3.8) is 0 Å². The number of nitrogens with zero attached hydrogens (tertiary/aromatic N) is 5. The van der Waals surface area contributed by atoms with Gasteiger partial charge >= 0.3 is 11.7 Å². The third kappa shape index (κ3) is 7.39. The number of H-pyrrole nitrogens is 1. The first kappa shape index (κ1) is 31.7. The van der Waals surface area contributed by atoms with E-state index in [1.165, 1.54) is 0 Å². The summed E-state index contributed by atoms with van der Waals surface area (Å²) in [4.78, 5) is 48.2. The number of para-hydroxylation sites is 1. The molecule has 0 saturated carbocycles. The van der Waals surface area contributed by atoms with E-state index in [1.54, 1.807) is 67.6 Å². The Bertz CT molecular complexity index is 1580. The number of aromatic amines is 1. The standard InChI is InChI=1S/C26H29N6O10P/c1-2-39-24(36)19(15-17-9-5-3-6-10-17)32(42-18-11-7-4-8-12-18)43(38)40-16-26(29-30-27)22(35)21(34)23(41-26)31-14-13-20(33)28-25(31)37/h3-14,19,21-23,34-35,43H,2,15-16H2,1H3,(H,28,33,37)/t19?,21-,22+,23-,26-/m1/s1. The van der Waals surface area contributed by atoms with E-state index in [0.717, 1.165) is 21.7 Å². The molecule has 1 aliphatic rings. The fraction of sp³-hybridized carbons (Fsp3) is 0.346. The van der Waals surface area contributed by atoms with E-state index >= 15 is 0 Å². The van der Waals surface area contributed by atoms with E-state index in [-0.39, 0.29) is 18.8 Å². The van der Waals surface area contributed by atoms with Crippen molar-refractivity contribution < 1.29 is 38.4 Å². The highest BCUT2D eigenvalue weighted by atomic mass is 31.1. The third-order valence-electron chi connectivity index (χ3n) is 6.38. The summed E-state index contributed by atoms with van der Waals surface area (Å²) in [6, 6.07) is 16.7. The zero-order valence-electron chi connectivity index (χ0n) is 22.8. The van der Waals surface area contributed by atoms with Crippen LogP contribution >= 0.6 is 8.18 Å². The number of nitrogens with one attached hydrogen (secondary N) is 1. The summed E-state index contributed by atoms with van der Waals surface area (Å²) in [5.74, 6) is -0.555. The van der Waals surface area contributed by atoms with Gasteiger partial charge in [-0.1, -0.05) is 58.5 Å². The summed E-state index contributed by atoms with van der Waals surface area (Å²) >= 11 is 0. The summed E-state index contributed by atoms with van der Waals surface area (Å²) in [5, 5.41) is 25.0. The fourth-order valence-electron chi connectivity index (χ4n) is 4.32. The van der Waals surface area contributed by atoms with Crippen LogP contribution in [0, 0.1) is 0 Å². The number of esters is 1. The zero-order valence-corrected chi connectivity index (χ0v) is 23.8. The first-order chi connectivity index (χ1) is 20.7. The summed E-state index contributed by atoms with van der Waals surface area (Å²) < 4.78 is 30.9. The lowest BCUT2D eigenvalue weighted by molar-refractivity contribution is -0.156. The molecule has 228 valence electrons. The maximum Gasteiger partial charge on any atom is 0.330 e. The molecule has 1 saturated heterocycles. The van der Waals surface area contributed by atoms with E-state index in [2.05, 4.69) is 10.0 Å². The van der Waals surface area contributed by atoms with Crippen LogP contribution in [0.2, 0.25) is 0 Å². The molecule has 0 spiro atoms. The number of aliphatic hydroxyl groups excluding tert-OH is 2. The zero-order chi connectivity index (χ0) is 31.0. The number of hydrogen-bond acceptors (Lipinski definition) is 11. The molecule has 17 heteroatoms. The van der Waals surface area contributed by atoms with Crippen molar-refractivity contribution in [3.05, 3.63) is 110 Å².